The fourth-order valence-corrected chi connectivity index (χ4v) is 0.901. The number of ether oxygens (including phenoxy) is 1. The maximum absolute atomic E-state index is 11.4. The van der Waals surface area contributed by atoms with Crippen LogP contribution in [0.15, 0.2) is 6.07 Å². The van der Waals surface area contributed by atoms with Gasteiger partial charge >= 0.3 is 5.97 Å². The summed E-state index contributed by atoms with van der Waals surface area (Å²) in [5.41, 5.74) is 5.84. The van der Waals surface area contributed by atoms with Crippen LogP contribution in [0, 0.1) is 0 Å². The van der Waals surface area contributed by atoms with Crippen molar-refractivity contribution in [3.05, 3.63) is 17.5 Å². The Morgan fingerprint density at radius 1 is 1.60 bits per heavy atom. The third-order valence-corrected chi connectivity index (χ3v) is 1.46. The van der Waals surface area contributed by atoms with Gasteiger partial charge in [0.2, 0.25) is 0 Å². The van der Waals surface area contributed by atoms with Gasteiger partial charge in [-0.25, -0.2) is 4.79 Å². The number of halogens is 1. The average Bonchev–Trinajstić information content (AvgIpc) is 2.48. The number of aromatic nitrogens is 2. The summed E-state index contributed by atoms with van der Waals surface area (Å²) < 4.78 is 5.12. The molecule has 6 heteroatoms. The highest BCUT2D eigenvalue weighted by Gasteiger charge is 2.19. The van der Waals surface area contributed by atoms with Crippen molar-refractivity contribution >= 4 is 18.4 Å². The summed E-state index contributed by atoms with van der Waals surface area (Å²) in [6.45, 7) is 5.75. The molecule has 15 heavy (non-hydrogen) atoms. The lowest BCUT2D eigenvalue weighted by atomic mass is 10.2. The van der Waals surface area contributed by atoms with Crippen LogP contribution in [0.1, 0.15) is 37.0 Å². The number of carbonyl (C=O) groups is 1. The molecule has 0 bridgehead atoms. The van der Waals surface area contributed by atoms with E-state index in [1.165, 1.54) is 0 Å². The molecule has 86 valence electrons. The number of aromatic amines is 1. The third kappa shape index (κ3) is 4.31. The van der Waals surface area contributed by atoms with E-state index in [-0.39, 0.29) is 18.1 Å². The lowest BCUT2D eigenvalue weighted by Gasteiger charge is -2.18. The highest BCUT2D eigenvalue weighted by molar-refractivity contribution is 5.87. The number of nitrogens with one attached hydrogen (secondary N) is 1. The third-order valence-electron chi connectivity index (χ3n) is 1.46. The minimum Gasteiger partial charge on any atom is -0.455 e. The molecule has 0 unspecified atom stereocenters. The Morgan fingerprint density at radius 3 is 2.60 bits per heavy atom. The van der Waals surface area contributed by atoms with Crippen LogP contribution in [0.4, 0.5) is 0 Å². The first-order valence-corrected chi connectivity index (χ1v) is 4.40. The van der Waals surface area contributed by atoms with Crippen molar-refractivity contribution in [2.75, 3.05) is 0 Å². The van der Waals surface area contributed by atoms with Gasteiger partial charge in [-0.15, -0.1) is 12.4 Å². The zero-order chi connectivity index (χ0) is 10.8. The van der Waals surface area contributed by atoms with E-state index in [4.69, 9.17) is 10.5 Å². The Morgan fingerprint density at radius 2 is 2.20 bits per heavy atom. The van der Waals surface area contributed by atoms with E-state index in [9.17, 15) is 4.79 Å². The molecule has 0 spiro atoms. The second kappa shape index (κ2) is 5.14. The molecule has 0 aromatic carbocycles. The SMILES string of the molecule is CC(C)(C)OC(=O)c1cc(CN)[nH]n1.Cl. The van der Waals surface area contributed by atoms with Gasteiger partial charge in [-0.3, -0.25) is 5.10 Å². The summed E-state index contributed by atoms with van der Waals surface area (Å²) in [6, 6.07) is 1.59. The zero-order valence-corrected chi connectivity index (χ0v) is 9.85. The van der Waals surface area contributed by atoms with Crippen LogP contribution in [0.2, 0.25) is 0 Å². The maximum atomic E-state index is 11.4. The Kier molecular flexibility index (Phi) is 4.77. The van der Waals surface area contributed by atoms with Gasteiger partial charge in [-0.05, 0) is 26.8 Å². The molecule has 0 fully saturated rings. The molecule has 1 aromatic rings. The van der Waals surface area contributed by atoms with E-state index in [0.717, 1.165) is 0 Å². The van der Waals surface area contributed by atoms with Crippen LogP contribution in [-0.4, -0.2) is 21.8 Å². The van der Waals surface area contributed by atoms with Crippen LogP contribution in [0.5, 0.6) is 0 Å². The van der Waals surface area contributed by atoms with Crippen LogP contribution in [0.25, 0.3) is 0 Å². The monoisotopic (exact) mass is 233 g/mol. The van der Waals surface area contributed by atoms with Crippen molar-refractivity contribution in [2.24, 2.45) is 5.73 Å². The number of hydrogen-bond donors (Lipinski definition) is 2. The Balaban J connectivity index is 0.00000196. The molecule has 3 N–H and O–H groups in total. The molecule has 0 saturated carbocycles. The first-order valence-electron chi connectivity index (χ1n) is 4.40. The predicted molar refractivity (Wildman–Crippen MR) is 58.9 cm³/mol. The number of H-pyrrole nitrogens is 1. The molecule has 1 heterocycles. The standard InChI is InChI=1S/C9H15N3O2.ClH/c1-9(2,3)14-8(13)7-4-6(5-10)11-12-7;/h4H,5,10H2,1-3H3,(H,11,12);1H. The highest BCUT2D eigenvalue weighted by atomic mass is 35.5. The van der Waals surface area contributed by atoms with Crippen LogP contribution in [-0.2, 0) is 11.3 Å². The van der Waals surface area contributed by atoms with E-state index in [2.05, 4.69) is 10.2 Å². The number of hydrogen-bond acceptors (Lipinski definition) is 4. The molecule has 0 atom stereocenters. The van der Waals surface area contributed by atoms with Crippen LogP contribution < -0.4 is 5.73 Å². The number of nitrogens with zero attached hydrogens (tertiary/aromatic N) is 1. The van der Waals surface area contributed by atoms with Gasteiger partial charge in [0, 0.05) is 12.2 Å². The van der Waals surface area contributed by atoms with E-state index in [0.29, 0.717) is 12.2 Å². The van der Waals surface area contributed by atoms with E-state index >= 15 is 0 Å². The van der Waals surface area contributed by atoms with Crippen molar-refractivity contribution in [1.82, 2.24) is 10.2 Å². The zero-order valence-electron chi connectivity index (χ0n) is 9.03. The van der Waals surface area contributed by atoms with Crippen molar-refractivity contribution in [3.8, 4) is 0 Å². The Bertz CT molecular complexity index is 330. The predicted octanol–water partition coefficient (Wildman–Crippen LogP) is 1.25. The topological polar surface area (TPSA) is 81.0 Å². The van der Waals surface area contributed by atoms with Gasteiger partial charge in [-0.2, -0.15) is 5.10 Å². The molecule has 1 rings (SSSR count). The highest BCUT2D eigenvalue weighted by Crippen LogP contribution is 2.10. The smallest absolute Gasteiger partial charge is 0.359 e. The van der Waals surface area contributed by atoms with Gasteiger partial charge in [0.15, 0.2) is 5.69 Å². The van der Waals surface area contributed by atoms with E-state index < -0.39 is 11.6 Å². The molecule has 0 saturated heterocycles. The van der Waals surface area contributed by atoms with Gasteiger partial charge < -0.3 is 10.5 Å². The maximum Gasteiger partial charge on any atom is 0.359 e. The van der Waals surface area contributed by atoms with Gasteiger partial charge in [-0.1, -0.05) is 0 Å². The molecule has 5 nitrogen and oxygen atoms in total. The first kappa shape index (κ1) is 13.9. The summed E-state index contributed by atoms with van der Waals surface area (Å²) in [5, 5.41) is 6.44. The summed E-state index contributed by atoms with van der Waals surface area (Å²) in [5.74, 6) is -0.437. The van der Waals surface area contributed by atoms with Crippen molar-refractivity contribution in [2.45, 2.75) is 32.9 Å². The van der Waals surface area contributed by atoms with Gasteiger partial charge in [0.05, 0.1) is 0 Å². The number of rotatable bonds is 2. The van der Waals surface area contributed by atoms with Crippen molar-refractivity contribution < 1.29 is 9.53 Å². The lowest BCUT2D eigenvalue weighted by Crippen LogP contribution is -2.24. The van der Waals surface area contributed by atoms with E-state index in [1.807, 2.05) is 0 Å². The summed E-state index contributed by atoms with van der Waals surface area (Å²) in [7, 11) is 0. The Labute approximate surface area is 94.8 Å². The van der Waals surface area contributed by atoms with Crippen LogP contribution in [0.3, 0.4) is 0 Å². The molecule has 1 aromatic heterocycles. The van der Waals surface area contributed by atoms with Gasteiger partial charge in [0.25, 0.3) is 0 Å². The number of carbonyl (C=O) groups excluding carboxylic acids is 1. The quantitative estimate of drug-likeness (QED) is 0.754. The molecular weight excluding hydrogens is 218 g/mol. The second-order valence-corrected chi connectivity index (χ2v) is 3.98. The molecule has 0 aliphatic carbocycles. The summed E-state index contributed by atoms with van der Waals surface area (Å²) >= 11 is 0. The minimum atomic E-state index is -0.501. The molecule has 0 radical (unpaired) electrons. The summed E-state index contributed by atoms with van der Waals surface area (Å²) in [6.07, 6.45) is 0. The lowest BCUT2D eigenvalue weighted by molar-refractivity contribution is 0.00628. The molecule has 0 aliphatic rings. The van der Waals surface area contributed by atoms with Crippen molar-refractivity contribution in [3.63, 3.8) is 0 Å². The second-order valence-electron chi connectivity index (χ2n) is 3.98. The number of esters is 1. The van der Waals surface area contributed by atoms with Gasteiger partial charge in [0.1, 0.15) is 5.60 Å². The normalized spacial score (nSPS) is 10.7. The molecule has 0 aliphatic heterocycles. The first-order chi connectivity index (χ1) is 6.42. The number of nitrogens with two attached hydrogens (primary N) is 1. The fraction of sp³-hybridized carbons (Fsp3) is 0.556. The average molecular weight is 234 g/mol. The molecular formula is C9H16ClN3O2. The van der Waals surface area contributed by atoms with E-state index in [1.54, 1.807) is 26.8 Å². The Hall–Kier alpha value is -1.07. The minimum absolute atomic E-state index is 0. The summed E-state index contributed by atoms with van der Waals surface area (Å²) in [4.78, 5) is 11.4. The molecule has 0 amide bonds. The van der Waals surface area contributed by atoms with Crippen LogP contribution >= 0.6 is 12.4 Å². The fourth-order valence-electron chi connectivity index (χ4n) is 0.901. The largest absolute Gasteiger partial charge is 0.455 e. The van der Waals surface area contributed by atoms with Crippen molar-refractivity contribution in [1.29, 1.82) is 0 Å².